The third-order valence-electron chi connectivity index (χ3n) is 3.60. The Hall–Kier alpha value is -1.43. The van der Waals surface area contributed by atoms with Crippen molar-refractivity contribution in [2.45, 2.75) is 24.7 Å². The van der Waals surface area contributed by atoms with Crippen molar-refractivity contribution < 1.29 is 34.1 Å². The Labute approximate surface area is 137 Å². The quantitative estimate of drug-likeness (QED) is 0.299. The summed E-state index contributed by atoms with van der Waals surface area (Å²) in [5, 5.41) is 19.6. The Kier molecular flexibility index (Phi) is 5.23. The zero-order valence-electron chi connectivity index (χ0n) is 12.6. The van der Waals surface area contributed by atoms with E-state index >= 15 is 0 Å². The summed E-state index contributed by atoms with van der Waals surface area (Å²) in [7, 11) is -0.755. The van der Waals surface area contributed by atoms with Crippen LogP contribution in [0, 0.1) is 0 Å². The Balaban J connectivity index is 1.85. The van der Waals surface area contributed by atoms with Crippen molar-refractivity contribution in [2.24, 2.45) is 0 Å². The van der Waals surface area contributed by atoms with E-state index in [2.05, 4.69) is 14.6 Å². The summed E-state index contributed by atoms with van der Waals surface area (Å²) < 4.78 is 17.1. The zero-order chi connectivity index (χ0) is 17.3. The average molecular weight is 360 g/mol. The van der Waals surface area contributed by atoms with Crippen LogP contribution in [0.3, 0.4) is 0 Å². The first-order valence-corrected chi connectivity index (χ1v) is 8.30. The maximum atomic E-state index is 10.3. The van der Waals surface area contributed by atoms with Gasteiger partial charge in [-0.15, -0.1) is 0 Å². The van der Waals surface area contributed by atoms with Gasteiger partial charge < -0.3 is 34.9 Å². The topological polar surface area (TPSA) is 154 Å². The lowest BCUT2D eigenvalue weighted by Crippen LogP contribution is -2.34. The highest BCUT2D eigenvalue weighted by Gasteiger charge is 2.47. The number of aromatic nitrogens is 3. The van der Waals surface area contributed by atoms with Gasteiger partial charge >= 0.3 is 0 Å². The molecule has 0 radical (unpaired) electrons. The summed E-state index contributed by atoms with van der Waals surface area (Å²) in [6.45, 7) is 0. The number of nitrogens with zero attached hydrogens (tertiary/aromatic N) is 3. The molecule has 5 N–H and O–H groups in total. The summed E-state index contributed by atoms with van der Waals surface area (Å²) in [6, 6.07) is 1.72. The second-order valence-corrected chi connectivity index (χ2v) is 6.11. The van der Waals surface area contributed by atoms with Crippen molar-refractivity contribution in [2.75, 3.05) is 19.2 Å². The highest BCUT2D eigenvalue weighted by atomic mass is 31.2. The van der Waals surface area contributed by atoms with Gasteiger partial charge in [0.05, 0.1) is 5.39 Å². The van der Waals surface area contributed by atoms with E-state index in [9.17, 15) is 10.00 Å². The largest absolute Gasteiger partial charge is 0.387 e. The molecule has 24 heavy (non-hydrogen) atoms. The van der Waals surface area contributed by atoms with E-state index in [1.165, 1.54) is 13.4 Å². The van der Waals surface area contributed by atoms with Gasteiger partial charge in [-0.05, 0) is 6.07 Å². The number of hydrogen-bond acceptors (Lipinski definition) is 10. The minimum absolute atomic E-state index is 0.316. The van der Waals surface area contributed by atoms with Gasteiger partial charge in [-0.1, -0.05) is 0 Å². The van der Waals surface area contributed by atoms with Crippen LogP contribution in [-0.4, -0.2) is 61.6 Å². The summed E-state index contributed by atoms with van der Waals surface area (Å²) in [5.41, 5.74) is 6.31. The third-order valence-corrected chi connectivity index (χ3v) is 4.10. The van der Waals surface area contributed by atoms with Crippen LogP contribution in [0.2, 0.25) is 0 Å². The summed E-state index contributed by atoms with van der Waals surface area (Å²) in [4.78, 5) is 22.2. The van der Waals surface area contributed by atoms with E-state index in [-0.39, 0.29) is 0 Å². The van der Waals surface area contributed by atoms with Crippen LogP contribution in [0.25, 0.3) is 11.0 Å². The molecule has 0 aromatic carbocycles. The summed E-state index contributed by atoms with van der Waals surface area (Å²) >= 11 is 0. The molecule has 1 aliphatic rings. The molecule has 0 spiro atoms. The standard InChI is InChI=1S/C12H17N4O7P/c1-20-8-7(18)12(22-23-24(19)5-17)21-11(8)16-3-2-6-9(13)14-4-15-10(6)16/h2-4,7-8,11-12,17-19H,5H2,1H3,(H2,13,14,15)/t7-,8?,11-,12-,24?/m1/s1. The Morgan fingerprint density at radius 2 is 2.25 bits per heavy atom. The van der Waals surface area contributed by atoms with Gasteiger partial charge in [0, 0.05) is 13.3 Å². The van der Waals surface area contributed by atoms with Gasteiger partial charge in [0.1, 0.15) is 36.3 Å². The van der Waals surface area contributed by atoms with Gasteiger partial charge in [-0.25, -0.2) is 9.97 Å². The van der Waals surface area contributed by atoms with Gasteiger partial charge in [0.2, 0.25) is 14.7 Å². The summed E-state index contributed by atoms with van der Waals surface area (Å²) in [6.07, 6.45) is -1.59. The molecule has 0 bridgehead atoms. The molecule has 12 heteroatoms. The SMILES string of the molecule is COC1[C@@H](O)[C@@H](OOP(O)CO)O[C@H]1n1ccc2c(N)ncnc21. The lowest BCUT2D eigenvalue weighted by atomic mass is 10.2. The smallest absolute Gasteiger partial charge is 0.232 e. The van der Waals surface area contributed by atoms with Crippen molar-refractivity contribution in [3.63, 3.8) is 0 Å². The molecule has 1 fully saturated rings. The van der Waals surface area contributed by atoms with Crippen LogP contribution in [0.1, 0.15) is 6.23 Å². The highest BCUT2D eigenvalue weighted by Crippen LogP contribution is 2.37. The first-order valence-electron chi connectivity index (χ1n) is 6.91. The van der Waals surface area contributed by atoms with E-state index in [1.807, 2.05) is 0 Å². The molecule has 132 valence electrons. The van der Waals surface area contributed by atoms with E-state index in [1.54, 1.807) is 16.8 Å². The van der Waals surface area contributed by atoms with Gasteiger partial charge in [-0.2, -0.15) is 9.56 Å². The monoisotopic (exact) mass is 360 g/mol. The molecular formula is C12H17N4O7P. The molecular weight excluding hydrogens is 343 g/mol. The molecule has 2 unspecified atom stereocenters. The fourth-order valence-corrected chi connectivity index (χ4v) is 2.72. The van der Waals surface area contributed by atoms with Crippen molar-refractivity contribution in [3.05, 3.63) is 18.6 Å². The fourth-order valence-electron chi connectivity index (χ4n) is 2.49. The van der Waals surface area contributed by atoms with Crippen molar-refractivity contribution in [1.29, 1.82) is 0 Å². The molecule has 0 aliphatic carbocycles. The zero-order valence-corrected chi connectivity index (χ0v) is 13.5. The third kappa shape index (κ3) is 3.08. The number of methoxy groups -OCH3 is 1. The van der Waals surface area contributed by atoms with Crippen LogP contribution in [0.4, 0.5) is 5.82 Å². The van der Waals surface area contributed by atoms with Crippen LogP contribution in [-0.2, 0) is 19.0 Å². The Bertz CT molecular complexity index is 701. The van der Waals surface area contributed by atoms with Crippen molar-refractivity contribution >= 4 is 25.2 Å². The van der Waals surface area contributed by atoms with Gasteiger partial charge in [0.25, 0.3) is 0 Å². The second-order valence-electron chi connectivity index (χ2n) is 4.97. The van der Waals surface area contributed by atoms with Gasteiger partial charge in [0.15, 0.2) is 6.23 Å². The number of hydrogen-bond donors (Lipinski definition) is 4. The first-order chi connectivity index (χ1) is 11.6. The van der Waals surface area contributed by atoms with Crippen molar-refractivity contribution in [1.82, 2.24) is 14.5 Å². The number of aliphatic hydroxyl groups is 2. The average Bonchev–Trinajstić information content (AvgIpc) is 3.14. The number of aliphatic hydroxyl groups excluding tert-OH is 2. The molecule has 0 saturated carbocycles. The van der Waals surface area contributed by atoms with Crippen molar-refractivity contribution in [3.8, 4) is 0 Å². The van der Waals surface area contributed by atoms with E-state index in [0.717, 1.165) is 0 Å². The lowest BCUT2D eigenvalue weighted by molar-refractivity contribution is -0.332. The number of anilines is 1. The Morgan fingerprint density at radius 3 is 2.96 bits per heavy atom. The minimum Gasteiger partial charge on any atom is -0.387 e. The molecule has 0 amide bonds. The first kappa shape index (κ1) is 17.4. The molecule has 1 saturated heterocycles. The molecule has 3 heterocycles. The molecule has 2 aromatic heterocycles. The number of ether oxygens (including phenoxy) is 2. The normalized spacial score (nSPS) is 28.5. The molecule has 11 nitrogen and oxygen atoms in total. The number of nitrogen functional groups attached to an aromatic ring is 1. The highest BCUT2D eigenvalue weighted by molar-refractivity contribution is 7.45. The maximum Gasteiger partial charge on any atom is 0.232 e. The summed E-state index contributed by atoms with van der Waals surface area (Å²) in [5.74, 6) is 0.316. The molecule has 5 atom stereocenters. The van der Waals surface area contributed by atoms with E-state index < -0.39 is 39.4 Å². The fraction of sp³-hybridized carbons (Fsp3) is 0.500. The predicted molar refractivity (Wildman–Crippen MR) is 81.0 cm³/mol. The van der Waals surface area contributed by atoms with Crippen LogP contribution in [0.5, 0.6) is 0 Å². The number of nitrogens with two attached hydrogens (primary N) is 1. The van der Waals surface area contributed by atoms with E-state index in [0.29, 0.717) is 16.9 Å². The van der Waals surface area contributed by atoms with E-state index in [4.69, 9.17) is 25.2 Å². The second kappa shape index (κ2) is 7.21. The maximum absolute atomic E-state index is 10.3. The molecule has 2 aromatic rings. The number of rotatable bonds is 6. The molecule has 3 rings (SSSR count). The van der Waals surface area contributed by atoms with Gasteiger partial charge in [-0.3, -0.25) is 0 Å². The predicted octanol–water partition coefficient (Wildman–Crippen LogP) is -0.554. The molecule has 1 aliphatic heterocycles. The lowest BCUT2D eigenvalue weighted by Gasteiger charge is -2.20. The van der Waals surface area contributed by atoms with Crippen LogP contribution >= 0.6 is 8.38 Å². The van der Waals surface area contributed by atoms with Crippen LogP contribution < -0.4 is 5.73 Å². The van der Waals surface area contributed by atoms with Crippen LogP contribution in [0.15, 0.2) is 18.6 Å². The Morgan fingerprint density at radius 1 is 1.46 bits per heavy atom. The number of fused-ring (bicyclic) bond motifs is 1. The minimum atomic E-state index is -2.17.